The van der Waals surface area contributed by atoms with Gasteiger partial charge >= 0.3 is 9.28 Å². The van der Waals surface area contributed by atoms with Crippen molar-refractivity contribution in [1.82, 2.24) is 5.32 Å². The van der Waals surface area contributed by atoms with E-state index in [-0.39, 0.29) is 6.04 Å². The summed E-state index contributed by atoms with van der Waals surface area (Å²) in [5, 5.41) is 3.27. The van der Waals surface area contributed by atoms with E-state index in [9.17, 15) is 0 Å². The van der Waals surface area contributed by atoms with Gasteiger partial charge in [0.2, 0.25) is 0 Å². The third-order valence-corrected chi connectivity index (χ3v) is 4.56. The van der Waals surface area contributed by atoms with Crippen LogP contribution in [-0.4, -0.2) is 49.2 Å². The minimum atomic E-state index is -1.48. The van der Waals surface area contributed by atoms with Crippen molar-refractivity contribution in [3.8, 4) is 0 Å². The predicted octanol–water partition coefficient (Wildman–Crippen LogP) is -0.454. The third kappa shape index (κ3) is 9.26. The molecule has 0 amide bonds. The van der Waals surface area contributed by atoms with E-state index < -0.39 is 9.28 Å². The molecule has 1 atom stereocenters. The average Bonchev–Trinajstić information content (AvgIpc) is 2.30. The van der Waals surface area contributed by atoms with E-state index in [1.165, 1.54) is 0 Å². The topological polar surface area (TPSA) is 82.5 Å². The van der Waals surface area contributed by atoms with Crippen LogP contribution in [0.2, 0.25) is 6.04 Å². The lowest BCUT2D eigenvalue weighted by molar-refractivity contribution is 0.273. The first-order valence-corrected chi connectivity index (χ1v) is 7.72. The first-order valence-electron chi connectivity index (χ1n) is 5.96. The summed E-state index contributed by atoms with van der Waals surface area (Å²) in [7, 11) is 1.92. The summed E-state index contributed by atoms with van der Waals surface area (Å²) in [6.45, 7) is 2.63. The highest BCUT2D eigenvalue weighted by molar-refractivity contribution is 6.44. The molecule has 0 aromatic carbocycles. The Hall–Kier alpha value is 0.0169. The molecular formula is C10H27N3O2Si. The molecule has 5 N–H and O–H groups in total. The van der Waals surface area contributed by atoms with Gasteiger partial charge in [-0.3, -0.25) is 0 Å². The van der Waals surface area contributed by atoms with Crippen LogP contribution in [0, 0.1) is 0 Å². The van der Waals surface area contributed by atoms with Crippen molar-refractivity contribution in [1.29, 1.82) is 0 Å². The number of nitrogens with two attached hydrogens (primary N) is 2. The van der Waals surface area contributed by atoms with Gasteiger partial charge in [0, 0.05) is 39.4 Å². The van der Waals surface area contributed by atoms with E-state index in [2.05, 4.69) is 5.32 Å². The first-order chi connectivity index (χ1) is 7.74. The molecule has 16 heavy (non-hydrogen) atoms. The maximum absolute atomic E-state index is 6.00. The minimum absolute atomic E-state index is 0.214. The van der Waals surface area contributed by atoms with Crippen molar-refractivity contribution < 1.29 is 8.85 Å². The number of unbranched alkanes of at least 4 members (excludes halogenated alkanes) is 1. The first kappa shape index (κ1) is 16.0. The van der Waals surface area contributed by atoms with Crippen LogP contribution in [0.15, 0.2) is 0 Å². The second-order valence-electron chi connectivity index (χ2n) is 3.93. The van der Waals surface area contributed by atoms with Gasteiger partial charge in [-0.15, -0.1) is 0 Å². The standard InChI is InChI=1S/C10H27N3O2Si/c1-14-16(15-2)9-10(12)5-3-4-7-13-8-6-11/h10,13,16H,3-9,11-12H2,1-2H3. The van der Waals surface area contributed by atoms with E-state index in [1.54, 1.807) is 14.2 Å². The van der Waals surface area contributed by atoms with Crippen molar-refractivity contribution in [3.05, 3.63) is 0 Å². The van der Waals surface area contributed by atoms with Gasteiger partial charge in [0.25, 0.3) is 0 Å². The summed E-state index contributed by atoms with van der Waals surface area (Å²) >= 11 is 0. The quantitative estimate of drug-likeness (QED) is 0.341. The Morgan fingerprint density at radius 1 is 1.19 bits per heavy atom. The zero-order chi connectivity index (χ0) is 12.2. The van der Waals surface area contributed by atoms with Crippen LogP contribution in [0.5, 0.6) is 0 Å². The van der Waals surface area contributed by atoms with Gasteiger partial charge in [0.15, 0.2) is 0 Å². The summed E-state index contributed by atoms with van der Waals surface area (Å²) in [5.41, 5.74) is 11.4. The summed E-state index contributed by atoms with van der Waals surface area (Å²) in [6, 6.07) is 1.11. The van der Waals surface area contributed by atoms with E-state index in [4.69, 9.17) is 20.3 Å². The molecule has 0 saturated heterocycles. The van der Waals surface area contributed by atoms with E-state index >= 15 is 0 Å². The maximum Gasteiger partial charge on any atom is 0.322 e. The van der Waals surface area contributed by atoms with Gasteiger partial charge in [0.05, 0.1) is 0 Å². The van der Waals surface area contributed by atoms with Crippen LogP contribution >= 0.6 is 0 Å². The molecule has 5 nitrogen and oxygen atoms in total. The third-order valence-electron chi connectivity index (χ3n) is 2.52. The van der Waals surface area contributed by atoms with E-state index in [0.717, 1.165) is 38.4 Å². The summed E-state index contributed by atoms with van der Waals surface area (Å²) < 4.78 is 10.5. The second-order valence-corrected chi connectivity index (χ2v) is 6.20. The molecule has 0 heterocycles. The molecule has 0 spiro atoms. The number of rotatable bonds is 11. The predicted molar refractivity (Wildman–Crippen MR) is 69.7 cm³/mol. The Morgan fingerprint density at radius 3 is 2.44 bits per heavy atom. The van der Waals surface area contributed by atoms with Gasteiger partial charge in [-0.05, 0) is 19.4 Å². The van der Waals surface area contributed by atoms with E-state index in [0.29, 0.717) is 6.54 Å². The Bertz CT molecular complexity index is 148. The number of hydrogen-bond donors (Lipinski definition) is 3. The molecule has 0 aromatic heterocycles. The van der Waals surface area contributed by atoms with Crippen molar-refractivity contribution in [2.45, 2.75) is 31.3 Å². The maximum atomic E-state index is 6.00. The molecule has 0 rings (SSSR count). The van der Waals surface area contributed by atoms with Crippen molar-refractivity contribution in [2.75, 3.05) is 33.9 Å². The molecule has 0 radical (unpaired) electrons. The van der Waals surface area contributed by atoms with Crippen LogP contribution in [0.1, 0.15) is 19.3 Å². The summed E-state index contributed by atoms with van der Waals surface area (Å²) in [5.74, 6) is 0. The SMILES string of the molecule is CO[SiH](CC(N)CCCCNCCN)OC. The Labute approximate surface area is 101 Å². The van der Waals surface area contributed by atoms with Crippen LogP contribution in [0.4, 0.5) is 0 Å². The second kappa shape index (κ2) is 11.5. The van der Waals surface area contributed by atoms with Gasteiger partial charge in [0.1, 0.15) is 0 Å². The molecule has 98 valence electrons. The molecule has 6 heteroatoms. The Balaban J connectivity index is 3.32. The lowest BCUT2D eigenvalue weighted by atomic mass is 10.1. The number of nitrogens with one attached hydrogen (secondary N) is 1. The highest BCUT2D eigenvalue weighted by atomic mass is 28.3. The van der Waals surface area contributed by atoms with Gasteiger partial charge < -0.3 is 25.6 Å². The van der Waals surface area contributed by atoms with Crippen LogP contribution in [0.25, 0.3) is 0 Å². The molecular weight excluding hydrogens is 222 g/mol. The largest absolute Gasteiger partial charge is 0.400 e. The van der Waals surface area contributed by atoms with E-state index in [1.807, 2.05) is 0 Å². The lowest BCUT2D eigenvalue weighted by Crippen LogP contribution is -2.31. The van der Waals surface area contributed by atoms with Crippen molar-refractivity contribution >= 4 is 9.28 Å². The van der Waals surface area contributed by atoms with Gasteiger partial charge in [-0.2, -0.15) is 0 Å². The van der Waals surface area contributed by atoms with Gasteiger partial charge in [-0.1, -0.05) is 6.42 Å². The summed E-state index contributed by atoms with van der Waals surface area (Å²) in [4.78, 5) is 0. The monoisotopic (exact) mass is 249 g/mol. The molecule has 1 unspecified atom stereocenters. The van der Waals surface area contributed by atoms with Crippen LogP contribution in [-0.2, 0) is 8.85 Å². The zero-order valence-electron chi connectivity index (χ0n) is 10.6. The molecule has 0 fully saturated rings. The highest BCUT2D eigenvalue weighted by Gasteiger charge is 2.14. The fourth-order valence-electron chi connectivity index (χ4n) is 1.54. The molecule has 0 aromatic rings. The van der Waals surface area contributed by atoms with Crippen molar-refractivity contribution in [2.24, 2.45) is 11.5 Å². The normalized spacial score (nSPS) is 13.3. The molecule has 0 saturated carbocycles. The zero-order valence-corrected chi connectivity index (χ0v) is 11.7. The fraction of sp³-hybridized carbons (Fsp3) is 1.00. The lowest BCUT2D eigenvalue weighted by Gasteiger charge is -2.16. The molecule has 0 aliphatic carbocycles. The van der Waals surface area contributed by atoms with Crippen LogP contribution in [0.3, 0.4) is 0 Å². The van der Waals surface area contributed by atoms with Crippen LogP contribution < -0.4 is 16.8 Å². The number of hydrogen-bond acceptors (Lipinski definition) is 5. The fourth-order valence-corrected chi connectivity index (χ4v) is 2.84. The smallest absolute Gasteiger partial charge is 0.322 e. The Kier molecular flexibility index (Phi) is 11.5. The minimum Gasteiger partial charge on any atom is -0.400 e. The van der Waals surface area contributed by atoms with Crippen molar-refractivity contribution in [3.63, 3.8) is 0 Å². The highest BCUT2D eigenvalue weighted by Crippen LogP contribution is 2.06. The van der Waals surface area contributed by atoms with Gasteiger partial charge in [-0.25, -0.2) is 0 Å². The molecule has 0 aliphatic rings. The molecule has 0 aliphatic heterocycles. The average molecular weight is 249 g/mol. The molecule has 0 bridgehead atoms. The summed E-state index contributed by atoms with van der Waals surface area (Å²) in [6.07, 6.45) is 3.34. The Morgan fingerprint density at radius 2 is 1.88 bits per heavy atom.